The van der Waals surface area contributed by atoms with Crippen LogP contribution in [0.5, 0.6) is 5.75 Å². The van der Waals surface area contributed by atoms with Crippen LogP contribution in [-0.4, -0.2) is 49.3 Å². The third-order valence-electron chi connectivity index (χ3n) is 6.32. The third kappa shape index (κ3) is 6.19. The first-order chi connectivity index (χ1) is 14.0. The number of piperidine rings is 1. The van der Waals surface area contributed by atoms with E-state index in [0.29, 0.717) is 19.1 Å². The molecule has 29 heavy (non-hydrogen) atoms. The molecule has 0 aromatic heterocycles. The van der Waals surface area contributed by atoms with Crippen molar-refractivity contribution < 1.29 is 14.3 Å². The number of anilines is 1. The minimum atomic E-state index is -0.687. The number of hydrogen-bond acceptors (Lipinski definition) is 4. The molecule has 2 aliphatic rings. The van der Waals surface area contributed by atoms with Crippen molar-refractivity contribution in [2.45, 2.75) is 64.9 Å². The SMILES string of the molecule is CCO[C@]1(C(=O)Nc2ccc(OCCN3CCC[C@@H](C)C3)cc2)CCC[C@H](C)C1. The lowest BCUT2D eigenvalue weighted by Crippen LogP contribution is -2.48. The van der Waals surface area contributed by atoms with Gasteiger partial charge in [0.25, 0.3) is 5.91 Å². The Morgan fingerprint density at radius 1 is 1.17 bits per heavy atom. The molecule has 0 radical (unpaired) electrons. The van der Waals surface area contributed by atoms with Crippen molar-refractivity contribution in [1.82, 2.24) is 4.90 Å². The average Bonchev–Trinajstić information content (AvgIpc) is 2.69. The summed E-state index contributed by atoms with van der Waals surface area (Å²) >= 11 is 0. The molecule has 1 saturated heterocycles. The highest BCUT2D eigenvalue weighted by Gasteiger charge is 2.42. The van der Waals surface area contributed by atoms with Crippen LogP contribution in [0.4, 0.5) is 5.69 Å². The number of nitrogens with zero attached hydrogens (tertiary/aromatic N) is 1. The fourth-order valence-corrected chi connectivity index (χ4v) is 4.84. The van der Waals surface area contributed by atoms with E-state index in [1.165, 1.54) is 32.4 Å². The Kier molecular flexibility index (Phi) is 7.96. The van der Waals surface area contributed by atoms with Crippen LogP contribution >= 0.6 is 0 Å². The summed E-state index contributed by atoms with van der Waals surface area (Å²) < 4.78 is 11.9. The number of ether oxygens (including phenoxy) is 2. The van der Waals surface area contributed by atoms with Crippen LogP contribution in [0.2, 0.25) is 0 Å². The van der Waals surface area contributed by atoms with Crippen LogP contribution < -0.4 is 10.1 Å². The van der Waals surface area contributed by atoms with Gasteiger partial charge in [0.05, 0.1) is 0 Å². The minimum Gasteiger partial charge on any atom is -0.492 e. The Morgan fingerprint density at radius 3 is 2.62 bits per heavy atom. The molecule has 3 atom stereocenters. The Balaban J connectivity index is 1.49. The molecule has 1 saturated carbocycles. The molecule has 5 nitrogen and oxygen atoms in total. The Hall–Kier alpha value is -1.59. The van der Waals surface area contributed by atoms with E-state index >= 15 is 0 Å². The maximum atomic E-state index is 13.0. The zero-order chi connectivity index (χ0) is 20.7. The minimum absolute atomic E-state index is 0.0150. The van der Waals surface area contributed by atoms with E-state index in [1.807, 2.05) is 31.2 Å². The van der Waals surface area contributed by atoms with Crippen LogP contribution in [0.3, 0.4) is 0 Å². The maximum absolute atomic E-state index is 13.0. The van der Waals surface area contributed by atoms with Gasteiger partial charge < -0.3 is 14.8 Å². The monoisotopic (exact) mass is 402 g/mol. The van der Waals surface area contributed by atoms with Crippen molar-refractivity contribution in [3.8, 4) is 5.75 Å². The molecule has 3 rings (SSSR count). The highest BCUT2D eigenvalue weighted by atomic mass is 16.5. The predicted octanol–water partition coefficient (Wildman–Crippen LogP) is 4.72. The number of rotatable bonds is 8. The molecule has 1 aromatic carbocycles. The standard InChI is InChI=1S/C24H38N2O3/c1-4-29-24(13-5-7-19(2)17-24)23(27)25-21-9-11-22(12-10-21)28-16-15-26-14-6-8-20(3)18-26/h9-12,19-20H,4-8,13-18H2,1-3H3,(H,25,27)/t19-,20+,24+/m0/s1. The molecule has 1 heterocycles. The van der Waals surface area contributed by atoms with Crippen LogP contribution in [-0.2, 0) is 9.53 Å². The van der Waals surface area contributed by atoms with Gasteiger partial charge in [-0.3, -0.25) is 9.69 Å². The van der Waals surface area contributed by atoms with E-state index in [1.54, 1.807) is 0 Å². The number of carbonyl (C=O) groups is 1. The average molecular weight is 403 g/mol. The fourth-order valence-electron chi connectivity index (χ4n) is 4.84. The molecular weight excluding hydrogens is 364 g/mol. The molecular formula is C24H38N2O3. The van der Waals surface area contributed by atoms with Crippen molar-refractivity contribution in [2.75, 3.05) is 38.2 Å². The number of benzene rings is 1. The van der Waals surface area contributed by atoms with E-state index < -0.39 is 5.60 Å². The maximum Gasteiger partial charge on any atom is 0.256 e. The summed E-state index contributed by atoms with van der Waals surface area (Å²) in [7, 11) is 0. The van der Waals surface area contributed by atoms with Crippen LogP contribution in [0.1, 0.15) is 59.3 Å². The van der Waals surface area contributed by atoms with Gasteiger partial charge in [-0.1, -0.05) is 20.3 Å². The largest absolute Gasteiger partial charge is 0.492 e. The van der Waals surface area contributed by atoms with Gasteiger partial charge >= 0.3 is 0 Å². The van der Waals surface area contributed by atoms with Crippen molar-refractivity contribution in [1.29, 1.82) is 0 Å². The lowest BCUT2D eigenvalue weighted by atomic mass is 9.78. The van der Waals surface area contributed by atoms with Crippen LogP contribution in [0, 0.1) is 11.8 Å². The Morgan fingerprint density at radius 2 is 1.93 bits per heavy atom. The lowest BCUT2D eigenvalue weighted by molar-refractivity contribution is -0.147. The van der Waals surface area contributed by atoms with Crippen molar-refractivity contribution >= 4 is 11.6 Å². The van der Waals surface area contributed by atoms with Crippen molar-refractivity contribution in [2.24, 2.45) is 11.8 Å². The predicted molar refractivity (Wildman–Crippen MR) is 117 cm³/mol. The van der Waals surface area contributed by atoms with Gasteiger partial charge in [0.1, 0.15) is 18.0 Å². The van der Waals surface area contributed by atoms with Gasteiger partial charge in [-0.2, -0.15) is 0 Å². The molecule has 0 unspecified atom stereocenters. The zero-order valence-electron chi connectivity index (χ0n) is 18.4. The number of carbonyl (C=O) groups excluding carboxylic acids is 1. The zero-order valence-corrected chi connectivity index (χ0v) is 18.4. The van der Waals surface area contributed by atoms with E-state index in [2.05, 4.69) is 24.1 Å². The fraction of sp³-hybridized carbons (Fsp3) is 0.708. The van der Waals surface area contributed by atoms with E-state index in [0.717, 1.165) is 43.2 Å². The van der Waals surface area contributed by atoms with Gasteiger partial charge in [-0.05, 0) is 81.7 Å². The molecule has 1 aliphatic heterocycles. The van der Waals surface area contributed by atoms with Gasteiger partial charge in [0, 0.05) is 25.4 Å². The first kappa shape index (κ1) is 22.1. The summed E-state index contributed by atoms with van der Waals surface area (Å²) in [5.74, 6) is 2.14. The van der Waals surface area contributed by atoms with Crippen molar-refractivity contribution in [3.05, 3.63) is 24.3 Å². The molecule has 1 amide bonds. The van der Waals surface area contributed by atoms with Gasteiger partial charge in [-0.25, -0.2) is 0 Å². The first-order valence-corrected chi connectivity index (χ1v) is 11.4. The van der Waals surface area contributed by atoms with Gasteiger partial charge in [0.2, 0.25) is 0 Å². The lowest BCUT2D eigenvalue weighted by Gasteiger charge is -2.38. The quantitative estimate of drug-likeness (QED) is 0.683. The topological polar surface area (TPSA) is 50.8 Å². The first-order valence-electron chi connectivity index (χ1n) is 11.4. The smallest absolute Gasteiger partial charge is 0.256 e. The third-order valence-corrected chi connectivity index (χ3v) is 6.32. The molecule has 1 N–H and O–H groups in total. The highest BCUT2D eigenvalue weighted by molar-refractivity contribution is 5.97. The van der Waals surface area contributed by atoms with Gasteiger partial charge in [0.15, 0.2) is 0 Å². The van der Waals surface area contributed by atoms with E-state index in [4.69, 9.17) is 9.47 Å². The normalized spacial score (nSPS) is 28.1. The van der Waals surface area contributed by atoms with Gasteiger partial charge in [-0.15, -0.1) is 0 Å². The molecule has 5 heteroatoms. The highest BCUT2D eigenvalue weighted by Crippen LogP contribution is 2.36. The Bertz CT molecular complexity index is 644. The molecule has 0 bridgehead atoms. The number of nitrogens with one attached hydrogen (secondary N) is 1. The molecule has 0 spiro atoms. The second-order valence-corrected chi connectivity index (χ2v) is 9.00. The summed E-state index contributed by atoms with van der Waals surface area (Å²) in [4.78, 5) is 15.5. The summed E-state index contributed by atoms with van der Waals surface area (Å²) in [6.45, 7) is 11.1. The van der Waals surface area contributed by atoms with Crippen molar-refractivity contribution in [3.63, 3.8) is 0 Å². The van der Waals surface area contributed by atoms with E-state index in [-0.39, 0.29) is 5.91 Å². The second kappa shape index (κ2) is 10.4. The van der Waals surface area contributed by atoms with Crippen LogP contribution in [0.15, 0.2) is 24.3 Å². The molecule has 162 valence electrons. The number of hydrogen-bond donors (Lipinski definition) is 1. The van der Waals surface area contributed by atoms with Crippen LogP contribution in [0.25, 0.3) is 0 Å². The number of amides is 1. The van der Waals surface area contributed by atoms with E-state index in [9.17, 15) is 4.79 Å². The summed E-state index contributed by atoms with van der Waals surface area (Å²) in [6, 6.07) is 7.71. The summed E-state index contributed by atoms with van der Waals surface area (Å²) in [6.07, 6.45) is 6.43. The summed E-state index contributed by atoms with van der Waals surface area (Å²) in [5.41, 5.74) is 0.109. The second-order valence-electron chi connectivity index (χ2n) is 9.00. The Labute approximate surface area is 176 Å². The summed E-state index contributed by atoms with van der Waals surface area (Å²) in [5, 5.41) is 3.07. The molecule has 2 fully saturated rings. The molecule has 1 aliphatic carbocycles. The number of likely N-dealkylation sites (tertiary alicyclic amines) is 1. The molecule has 1 aromatic rings.